The van der Waals surface area contributed by atoms with E-state index in [-0.39, 0.29) is 55.7 Å². The van der Waals surface area contributed by atoms with Gasteiger partial charge < -0.3 is 9.84 Å². The number of aliphatic carboxylic acids is 1. The largest absolute Gasteiger partial charge is 0.496 e. The molecule has 3 rings (SSSR count). The van der Waals surface area contributed by atoms with Crippen LogP contribution in [-0.2, 0) is 37.3 Å². The molecule has 0 aliphatic carbocycles. The minimum atomic E-state index is -0.699. The van der Waals surface area contributed by atoms with Crippen LogP contribution < -0.4 is 4.74 Å². The molecule has 0 aromatic heterocycles. The molecule has 0 saturated carbocycles. The maximum atomic E-state index is 10.7. The molecule has 3 aromatic carbocycles. The summed E-state index contributed by atoms with van der Waals surface area (Å²) in [5.74, 6) is 0.493. The van der Waals surface area contributed by atoms with Crippen molar-refractivity contribution in [1.29, 1.82) is 0 Å². The van der Waals surface area contributed by atoms with E-state index in [0.29, 0.717) is 0 Å². The predicted molar refractivity (Wildman–Crippen MR) is 267 cm³/mol. The second-order valence-corrected chi connectivity index (χ2v) is 26.0. The van der Waals surface area contributed by atoms with Crippen LogP contribution in [0.4, 0.5) is 0 Å². The van der Waals surface area contributed by atoms with Crippen molar-refractivity contribution in [2.24, 2.45) is 16.7 Å². The van der Waals surface area contributed by atoms with Crippen molar-refractivity contribution in [1.82, 2.24) is 0 Å². The van der Waals surface area contributed by atoms with Gasteiger partial charge in [0.2, 0.25) is 0 Å². The van der Waals surface area contributed by atoms with E-state index in [1.807, 2.05) is 6.07 Å². The van der Waals surface area contributed by atoms with Crippen LogP contribution in [0, 0.1) is 23.7 Å². The lowest BCUT2D eigenvalue weighted by Gasteiger charge is -2.39. The molecule has 0 unspecified atom stereocenters. The van der Waals surface area contributed by atoms with E-state index in [2.05, 4.69) is 216 Å². The van der Waals surface area contributed by atoms with Crippen molar-refractivity contribution >= 4 is 29.2 Å². The van der Waals surface area contributed by atoms with Crippen molar-refractivity contribution in [3.8, 4) is 5.75 Å². The number of carboxylic acids is 1. The number of methoxy groups -OCH3 is 1. The van der Waals surface area contributed by atoms with Crippen LogP contribution in [0.3, 0.4) is 0 Å². The lowest BCUT2D eigenvalue weighted by molar-refractivity contribution is -0.140. The zero-order valence-corrected chi connectivity index (χ0v) is 44.9. The van der Waals surface area contributed by atoms with Crippen molar-refractivity contribution < 1.29 is 14.6 Å². The molecule has 0 atom stereocenters. The number of benzene rings is 3. The number of ether oxygens (including phenoxy) is 1. The average Bonchev–Trinajstić information content (AvgIpc) is 3.00. The standard InChI is InChI=1S/C15H24O.C15H24.C14H20Cl2.C11H22O2/c1-14(2,3)11-8-9-13(16-7)12(10-11)15(4,5)6;1-11-8-9-12(14(2,3)4)10-13(11)15(5,6)7;1-13(2,3)9-7-10(14(4,5)6)12(16)8-11(9)15;1-10(2,3)8(7-9(12)13)11(4,5)6/h8-10H,1-7H3;8-10H,1-7H3;7-8H,1-6H3;8H,7H2,1-6H3,(H,12,13). The highest BCUT2D eigenvalue weighted by atomic mass is 35.5. The molecule has 342 valence electrons. The highest BCUT2D eigenvalue weighted by molar-refractivity contribution is 6.35. The second-order valence-electron chi connectivity index (χ2n) is 25.1. The van der Waals surface area contributed by atoms with Gasteiger partial charge in [0.1, 0.15) is 5.75 Å². The van der Waals surface area contributed by atoms with Gasteiger partial charge >= 0.3 is 5.97 Å². The molecule has 1 N–H and O–H groups in total. The number of carbonyl (C=O) groups is 1. The molecule has 0 bridgehead atoms. The predicted octanol–water partition coefficient (Wildman–Crippen LogP) is 17.6. The third-order valence-corrected chi connectivity index (χ3v) is 11.6. The number of halogens is 2. The first-order chi connectivity index (χ1) is 26.4. The van der Waals surface area contributed by atoms with Crippen molar-refractivity contribution in [2.75, 3.05) is 7.11 Å². The molecule has 0 spiro atoms. The summed E-state index contributed by atoms with van der Waals surface area (Å²) < 4.78 is 5.44. The van der Waals surface area contributed by atoms with Gasteiger partial charge in [0.25, 0.3) is 0 Å². The Bertz CT molecular complexity index is 1780. The van der Waals surface area contributed by atoms with Gasteiger partial charge in [0.15, 0.2) is 0 Å². The molecule has 5 heteroatoms. The first-order valence-corrected chi connectivity index (χ1v) is 22.6. The minimum absolute atomic E-state index is 0.0433. The molecular weight excluding hydrogens is 780 g/mol. The molecule has 60 heavy (non-hydrogen) atoms. The Morgan fingerprint density at radius 1 is 0.500 bits per heavy atom. The van der Waals surface area contributed by atoms with Crippen molar-refractivity contribution in [2.45, 2.75) is 212 Å². The van der Waals surface area contributed by atoms with Gasteiger partial charge in [0, 0.05) is 16.5 Å². The van der Waals surface area contributed by atoms with E-state index in [0.717, 1.165) is 26.9 Å². The van der Waals surface area contributed by atoms with Crippen LogP contribution in [0.1, 0.15) is 212 Å². The number of carboxylic acid groups (broad SMARTS) is 1. The molecule has 0 heterocycles. The van der Waals surface area contributed by atoms with Crippen LogP contribution in [0.15, 0.2) is 48.5 Å². The topological polar surface area (TPSA) is 46.5 Å². The number of hydrogen-bond donors (Lipinski definition) is 1. The summed E-state index contributed by atoms with van der Waals surface area (Å²) >= 11 is 12.5. The SMILES string of the molecule is CC(C)(C)C(CC(=O)O)C(C)(C)C.CC(C)(C)c1cc(C(C)(C)C)c(Cl)cc1Cl.COc1ccc(C(C)(C)C)cc1C(C)(C)C.Cc1ccc(C(C)(C)C)cc1C(C)(C)C. The molecule has 0 amide bonds. The molecule has 0 fully saturated rings. The van der Waals surface area contributed by atoms with Crippen LogP contribution in [0.5, 0.6) is 5.75 Å². The van der Waals surface area contributed by atoms with E-state index in [1.165, 1.54) is 27.8 Å². The lowest BCUT2D eigenvalue weighted by atomic mass is 9.65. The average molecular weight is 870 g/mol. The number of rotatable bonds is 3. The highest BCUT2D eigenvalue weighted by Crippen LogP contribution is 2.42. The van der Waals surface area contributed by atoms with Gasteiger partial charge in [-0.2, -0.15) is 0 Å². The molecule has 0 aliphatic rings. The first kappa shape index (κ1) is 57.5. The summed E-state index contributed by atoms with van der Waals surface area (Å²) in [5.41, 5.74) is 10.2. The Kier molecular flexibility index (Phi) is 19.9. The molecule has 0 aliphatic heterocycles. The van der Waals surface area contributed by atoms with E-state index in [9.17, 15) is 4.79 Å². The maximum absolute atomic E-state index is 10.7. The van der Waals surface area contributed by atoms with Gasteiger partial charge in [-0.3, -0.25) is 4.79 Å². The van der Waals surface area contributed by atoms with Crippen molar-refractivity contribution in [3.63, 3.8) is 0 Å². The van der Waals surface area contributed by atoms with Crippen LogP contribution in [0.25, 0.3) is 0 Å². The first-order valence-electron chi connectivity index (χ1n) is 21.9. The van der Waals surface area contributed by atoms with Crippen LogP contribution in [-0.4, -0.2) is 18.2 Å². The second kappa shape index (κ2) is 20.8. The highest BCUT2D eigenvalue weighted by Gasteiger charge is 2.36. The van der Waals surface area contributed by atoms with Crippen LogP contribution in [0.2, 0.25) is 10.0 Å². The normalized spacial score (nSPS) is 13.0. The Hall–Kier alpha value is -2.49. The molecule has 3 aromatic rings. The molecule has 3 nitrogen and oxygen atoms in total. The fourth-order valence-corrected chi connectivity index (χ4v) is 8.39. The van der Waals surface area contributed by atoms with Gasteiger partial charge in [-0.15, -0.1) is 0 Å². The third-order valence-electron chi connectivity index (χ3n) is 10.9. The van der Waals surface area contributed by atoms with E-state index in [4.69, 9.17) is 33.0 Å². The van der Waals surface area contributed by atoms with Crippen molar-refractivity contribution in [3.05, 3.63) is 97.5 Å². The van der Waals surface area contributed by atoms with Crippen LogP contribution >= 0.6 is 23.2 Å². The van der Waals surface area contributed by atoms with E-state index < -0.39 is 5.97 Å². The fraction of sp³-hybridized carbons (Fsp3) is 0.655. The summed E-state index contributed by atoms with van der Waals surface area (Å²) in [6, 6.07) is 17.4. The Morgan fingerprint density at radius 3 is 1.10 bits per heavy atom. The number of aryl methyl sites for hydroxylation is 1. The van der Waals surface area contributed by atoms with Gasteiger partial charge in [-0.1, -0.05) is 226 Å². The summed E-state index contributed by atoms with van der Waals surface area (Å²) in [4.78, 5) is 10.7. The zero-order chi connectivity index (χ0) is 48.0. The lowest BCUT2D eigenvalue weighted by Crippen LogP contribution is -2.34. The smallest absolute Gasteiger partial charge is 0.303 e. The summed E-state index contributed by atoms with van der Waals surface area (Å²) in [6.07, 6.45) is 0.257. The van der Waals surface area contributed by atoms with E-state index in [1.54, 1.807) is 7.11 Å². The monoisotopic (exact) mass is 869 g/mol. The summed E-state index contributed by atoms with van der Waals surface area (Å²) in [7, 11) is 1.74. The number of hydrogen-bond acceptors (Lipinski definition) is 2. The van der Waals surface area contributed by atoms with E-state index >= 15 is 0 Å². The summed E-state index contributed by atoms with van der Waals surface area (Å²) in [5, 5.41) is 10.3. The quantitative estimate of drug-likeness (QED) is 0.285. The molecular formula is C55H90Cl2O3. The maximum Gasteiger partial charge on any atom is 0.303 e. The van der Waals surface area contributed by atoms with Gasteiger partial charge in [-0.05, 0) is 107 Å². The molecule has 0 radical (unpaired) electrons. The Morgan fingerprint density at radius 2 is 0.833 bits per heavy atom. The summed E-state index contributed by atoms with van der Waals surface area (Å²) in [6.45, 7) is 54.8. The fourth-order valence-electron chi connectivity index (χ4n) is 7.44. The molecule has 0 saturated heterocycles. The Labute approximate surface area is 381 Å². The zero-order valence-electron chi connectivity index (χ0n) is 43.4. The Balaban J connectivity index is 0.000000776. The third kappa shape index (κ3) is 18.9. The van der Waals surface area contributed by atoms with Gasteiger partial charge in [-0.25, -0.2) is 0 Å². The van der Waals surface area contributed by atoms with Gasteiger partial charge in [0.05, 0.1) is 7.11 Å². The minimum Gasteiger partial charge on any atom is -0.496 e.